The molecule has 0 heterocycles. The number of hydrazone groups is 1. The van der Waals surface area contributed by atoms with Crippen molar-refractivity contribution < 1.29 is 14.5 Å². The number of amides is 1. The molecule has 0 fully saturated rings. The fraction of sp³-hybridized carbons (Fsp3) is 0.176. The summed E-state index contributed by atoms with van der Waals surface area (Å²) in [6, 6.07) is 11.3. The van der Waals surface area contributed by atoms with Crippen LogP contribution >= 0.6 is 15.9 Å². The molecule has 0 unspecified atom stereocenters. The molecule has 2 aromatic rings. The normalized spacial score (nSPS) is 11.1. The number of halogens is 1. The van der Waals surface area contributed by atoms with Gasteiger partial charge < -0.3 is 4.74 Å². The van der Waals surface area contributed by atoms with Crippen LogP contribution in [-0.4, -0.2) is 23.1 Å². The molecule has 130 valence electrons. The Morgan fingerprint density at radius 2 is 1.96 bits per heavy atom. The van der Waals surface area contributed by atoms with Crippen molar-refractivity contribution in [2.24, 2.45) is 5.10 Å². The van der Waals surface area contributed by atoms with Crippen LogP contribution in [0.1, 0.15) is 18.1 Å². The molecule has 0 aliphatic carbocycles. The minimum absolute atomic E-state index is 0.00113. The number of carbonyl (C=O) groups excluding carboxylic acids is 1. The van der Waals surface area contributed by atoms with Crippen molar-refractivity contribution in [2.45, 2.75) is 13.8 Å². The monoisotopic (exact) mass is 405 g/mol. The lowest BCUT2D eigenvalue weighted by Gasteiger charge is -2.07. The van der Waals surface area contributed by atoms with Gasteiger partial charge in [0.15, 0.2) is 6.61 Å². The minimum Gasteiger partial charge on any atom is -0.484 e. The minimum atomic E-state index is -0.473. The van der Waals surface area contributed by atoms with Gasteiger partial charge in [-0.15, -0.1) is 0 Å². The second-order valence-electron chi connectivity index (χ2n) is 5.24. The van der Waals surface area contributed by atoms with E-state index in [1.807, 2.05) is 19.1 Å². The number of nitrogens with one attached hydrogen (secondary N) is 1. The van der Waals surface area contributed by atoms with Gasteiger partial charge in [0.2, 0.25) is 0 Å². The smallest absolute Gasteiger partial charge is 0.277 e. The van der Waals surface area contributed by atoms with Gasteiger partial charge >= 0.3 is 0 Å². The van der Waals surface area contributed by atoms with Crippen molar-refractivity contribution in [1.82, 2.24) is 5.43 Å². The summed E-state index contributed by atoms with van der Waals surface area (Å²) in [6.45, 7) is 3.45. The zero-order chi connectivity index (χ0) is 18.4. The summed E-state index contributed by atoms with van der Waals surface area (Å²) in [7, 11) is 0. The van der Waals surface area contributed by atoms with E-state index in [0.29, 0.717) is 17.0 Å². The molecule has 0 atom stereocenters. The highest BCUT2D eigenvalue weighted by molar-refractivity contribution is 9.10. The van der Waals surface area contributed by atoms with Crippen molar-refractivity contribution >= 4 is 33.2 Å². The lowest BCUT2D eigenvalue weighted by atomic mass is 10.1. The summed E-state index contributed by atoms with van der Waals surface area (Å²) in [5, 5.41) is 14.6. The number of rotatable bonds is 6. The van der Waals surface area contributed by atoms with Gasteiger partial charge in [-0.1, -0.05) is 15.9 Å². The van der Waals surface area contributed by atoms with E-state index in [-0.39, 0.29) is 12.3 Å². The molecule has 0 spiro atoms. The average molecular weight is 406 g/mol. The SMILES string of the molecule is C/C(=N/NC(=O)COc1ccc(Br)c(C)c1)c1ccc([N+](=O)[O-])cc1. The maximum Gasteiger partial charge on any atom is 0.277 e. The average Bonchev–Trinajstić information content (AvgIpc) is 2.60. The first kappa shape index (κ1) is 18.6. The topological polar surface area (TPSA) is 93.8 Å². The predicted octanol–water partition coefficient (Wildman–Crippen LogP) is 3.58. The van der Waals surface area contributed by atoms with Gasteiger partial charge in [-0.3, -0.25) is 14.9 Å². The molecule has 2 rings (SSSR count). The molecule has 25 heavy (non-hydrogen) atoms. The Morgan fingerprint density at radius 1 is 1.28 bits per heavy atom. The third-order valence-electron chi connectivity index (χ3n) is 3.34. The molecular formula is C17H16BrN3O4. The van der Waals surface area contributed by atoms with Crippen LogP contribution in [-0.2, 0) is 4.79 Å². The Labute approximate surface area is 153 Å². The summed E-state index contributed by atoms with van der Waals surface area (Å²) in [4.78, 5) is 22.0. The first-order valence-corrected chi connectivity index (χ1v) is 8.13. The fourth-order valence-corrected chi connectivity index (χ4v) is 2.17. The summed E-state index contributed by atoms with van der Waals surface area (Å²) < 4.78 is 6.37. The molecule has 0 radical (unpaired) electrons. The molecule has 0 aliphatic heterocycles. The van der Waals surface area contributed by atoms with Crippen LogP contribution in [0.4, 0.5) is 5.69 Å². The summed E-state index contributed by atoms with van der Waals surface area (Å²) in [6.07, 6.45) is 0. The van der Waals surface area contributed by atoms with E-state index in [0.717, 1.165) is 10.0 Å². The second-order valence-corrected chi connectivity index (χ2v) is 6.09. The molecular weight excluding hydrogens is 390 g/mol. The van der Waals surface area contributed by atoms with Gasteiger partial charge in [-0.2, -0.15) is 5.10 Å². The second kappa shape index (κ2) is 8.39. The standard InChI is InChI=1S/C17H16BrN3O4/c1-11-9-15(7-8-16(11)18)25-10-17(22)20-19-12(2)13-3-5-14(6-4-13)21(23)24/h3-9H,10H2,1-2H3,(H,20,22)/b19-12-. The Balaban J connectivity index is 1.90. The van der Waals surface area contributed by atoms with E-state index in [1.165, 1.54) is 12.1 Å². The van der Waals surface area contributed by atoms with Crippen LogP contribution < -0.4 is 10.2 Å². The van der Waals surface area contributed by atoms with Crippen molar-refractivity contribution in [3.05, 3.63) is 68.2 Å². The molecule has 2 aromatic carbocycles. The van der Waals surface area contributed by atoms with Gasteiger partial charge in [0.1, 0.15) is 5.75 Å². The molecule has 0 aromatic heterocycles. The lowest BCUT2D eigenvalue weighted by Crippen LogP contribution is -2.25. The summed E-state index contributed by atoms with van der Waals surface area (Å²) in [5.41, 5.74) is 4.61. The Bertz CT molecular complexity index is 819. The van der Waals surface area contributed by atoms with Gasteiger partial charge in [0.25, 0.3) is 11.6 Å². The number of non-ortho nitro benzene ring substituents is 1. The van der Waals surface area contributed by atoms with Gasteiger partial charge in [-0.25, -0.2) is 5.43 Å². The quantitative estimate of drug-likeness (QED) is 0.451. The zero-order valence-electron chi connectivity index (χ0n) is 13.7. The van der Waals surface area contributed by atoms with Gasteiger partial charge in [-0.05, 0) is 55.3 Å². The molecule has 0 aliphatic rings. The number of hydrogen-bond acceptors (Lipinski definition) is 5. The van der Waals surface area contributed by atoms with E-state index in [2.05, 4.69) is 26.5 Å². The Morgan fingerprint density at radius 3 is 2.56 bits per heavy atom. The van der Waals surface area contributed by atoms with Crippen molar-refractivity contribution in [2.75, 3.05) is 6.61 Å². The van der Waals surface area contributed by atoms with Crippen molar-refractivity contribution in [3.8, 4) is 5.75 Å². The predicted molar refractivity (Wildman–Crippen MR) is 97.8 cm³/mol. The molecule has 8 heteroatoms. The first-order valence-electron chi connectivity index (χ1n) is 7.33. The van der Waals surface area contributed by atoms with Crippen molar-refractivity contribution in [1.29, 1.82) is 0 Å². The molecule has 1 N–H and O–H groups in total. The summed E-state index contributed by atoms with van der Waals surface area (Å²) in [5.74, 6) is 0.189. The van der Waals surface area contributed by atoms with E-state index in [9.17, 15) is 14.9 Å². The number of nitrogens with zero attached hydrogens (tertiary/aromatic N) is 2. The van der Waals surface area contributed by atoms with Crippen LogP contribution in [0.5, 0.6) is 5.75 Å². The highest BCUT2D eigenvalue weighted by Gasteiger charge is 2.07. The van der Waals surface area contributed by atoms with Crippen LogP contribution in [0.15, 0.2) is 52.0 Å². The van der Waals surface area contributed by atoms with Crippen LogP contribution in [0.2, 0.25) is 0 Å². The van der Waals surface area contributed by atoms with Crippen LogP contribution in [0.25, 0.3) is 0 Å². The first-order chi connectivity index (χ1) is 11.9. The van der Waals surface area contributed by atoms with E-state index >= 15 is 0 Å². The number of aryl methyl sites for hydroxylation is 1. The number of carbonyl (C=O) groups is 1. The highest BCUT2D eigenvalue weighted by atomic mass is 79.9. The Hall–Kier alpha value is -2.74. The molecule has 0 saturated carbocycles. The molecule has 0 bridgehead atoms. The fourth-order valence-electron chi connectivity index (χ4n) is 1.92. The van der Waals surface area contributed by atoms with E-state index in [1.54, 1.807) is 25.1 Å². The highest BCUT2D eigenvalue weighted by Crippen LogP contribution is 2.21. The number of hydrogen-bond donors (Lipinski definition) is 1. The molecule has 7 nitrogen and oxygen atoms in total. The maximum absolute atomic E-state index is 11.8. The number of benzene rings is 2. The Kier molecular flexibility index (Phi) is 6.24. The number of ether oxygens (including phenoxy) is 1. The third kappa shape index (κ3) is 5.39. The van der Waals surface area contributed by atoms with E-state index < -0.39 is 10.8 Å². The lowest BCUT2D eigenvalue weighted by molar-refractivity contribution is -0.384. The van der Waals surface area contributed by atoms with Crippen LogP contribution in [0, 0.1) is 17.0 Å². The number of nitro groups is 1. The van der Waals surface area contributed by atoms with E-state index in [4.69, 9.17) is 4.74 Å². The van der Waals surface area contributed by atoms with Crippen LogP contribution in [0.3, 0.4) is 0 Å². The van der Waals surface area contributed by atoms with Crippen molar-refractivity contribution in [3.63, 3.8) is 0 Å². The maximum atomic E-state index is 11.8. The van der Waals surface area contributed by atoms with Gasteiger partial charge in [0, 0.05) is 16.6 Å². The largest absolute Gasteiger partial charge is 0.484 e. The zero-order valence-corrected chi connectivity index (χ0v) is 15.2. The molecule has 0 saturated heterocycles. The molecule has 1 amide bonds. The van der Waals surface area contributed by atoms with Gasteiger partial charge in [0.05, 0.1) is 10.6 Å². The summed E-state index contributed by atoms with van der Waals surface area (Å²) >= 11 is 3.39. The third-order valence-corrected chi connectivity index (χ3v) is 4.23. The number of nitro benzene ring substituents is 1.